The molecule has 0 fully saturated rings. The van der Waals surface area contributed by atoms with Crippen LogP contribution in [0.15, 0.2) is 84.9 Å². The Kier molecular flexibility index (Phi) is 6.42. The molecule has 3 aromatic carbocycles. The maximum atomic E-state index is 12.0. The first-order chi connectivity index (χ1) is 15.9. The van der Waals surface area contributed by atoms with E-state index in [0.29, 0.717) is 33.3 Å². The Morgan fingerprint density at radius 2 is 1.67 bits per heavy atom. The number of hydrogen-bond donors (Lipinski definition) is 2. The number of carbonyl (C=O) groups excluding carboxylic acids is 1. The highest BCUT2D eigenvalue weighted by atomic mass is 35.5. The fourth-order valence-corrected chi connectivity index (χ4v) is 3.56. The molecule has 0 bridgehead atoms. The van der Waals surface area contributed by atoms with Crippen LogP contribution in [0.4, 0.5) is 0 Å². The van der Waals surface area contributed by atoms with Crippen molar-refractivity contribution in [3.05, 3.63) is 101 Å². The monoisotopic (exact) mass is 461 g/mol. The zero-order valence-corrected chi connectivity index (χ0v) is 18.4. The molecule has 2 N–H and O–H groups in total. The van der Waals surface area contributed by atoms with E-state index in [-0.39, 0.29) is 11.6 Å². The van der Waals surface area contributed by atoms with Crippen LogP contribution in [-0.4, -0.2) is 26.8 Å². The van der Waals surface area contributed by atoms with Crippen molar-refractivity contribution >= 4 is 23.5 Å². The highest BCUT2D eigenvalue weighted by Crippen LogP contribution is 2.28. The predicted molar refractivity (Wildman–Crippen MR) is 125 cm³/mol. The van der Waals surface area contributed by atoms with E-state index in [9.17, 15) is 14.7 Å². The highest BCUT2D eigenvalue weighted by molar-refractivity contribution is 6.30. The highest BCUT2D eigenvalue weighted by Gasteiger charge is 2.24. The lowest BCUT2D eigenvalue weighted by Gasteiger charge is -2.20. The second-order valence-corrected chi connectivity index (χ2v) is 7.70. The topological polar surface area (TPSA) is 93.5 Å². The summed E-state index contributed by atoms with van der Waals surface area (Å²) in [7, 11) is 0. The Hall–Kier alpha value is -4.10. The van der Waals surface area contributed by atoms with Gasteiger partial charge in [-0.15, -0.1) is 0 Å². The summed E-state index contributed by atoms with van der Waals surface area (Å²) < 4.78 is 7.08. The van der Waals surface area contributed by atoms with E-state index in [2.05, 4.69) is 10.4 Å². The molecule has 1 amide bonds. The molecular formula is C25H20ClN3O4. The van der Waals surface area contributed by atoms with Gasteiger partial charge in [0.2, 0.25) is 5.91 Å². The minimum absolute atomic E-state index is 0.0756. The molecule has 166 valence electrons. The number of hydrogen-bond acceptors (Lipinski definition) is 4. The molecule has 1 aromatic heterocycles. The van der Waals surface area contributed by atoms with Gasteiger partial charge in [0, 0.05) is 17.5 Å². The standard InChI is InChI=1S/C25H20ClN3O4/c1-16(30)27-24(18-6-5-7-19(26)14-18)29-23(25(31)32)15-22(28-29)17-10-12-21(13-11-17)33-20-8-3-2-4-9-20/h2-15,24H,1H3,(H,27,30)(H,31,32). The molecule has 0 aliphatic heterocycles. The molecule has 33 heavy (non-hydrogen) atoms. The van der Waals surface area contributed by atoms with E-state index in [1.54, 1.807) is 48.5 Å². The van der Waals surface area contributed by atoms with Gasteiger partial charge in [0.05, 0.1) is 5.69 Å². The number of halogens is 1. The van der Waals surface area contributed by atoms with Crippen LogP contribution in [0.3, 0.4) is 0 Å². The van der Waals surface area contributed by atoms with E-state index in [1.807, 2.05) is 30.3 Å². The maximum absolute atomic E-state index is 12.0. The number of rotatable bonds is 7. The fraction of sp³-hybridized carbons (Fsp3) is 0.0800. The Labute approximate surface area is 195 Å². The van der Waals surface area contributed by atoms with Gasteiger partial charge in [0.15, 0.2) is 0 Å². The number of aromatic carboxylic acids is 1. The van der Waals surface area contributed by atoms with Gasteiger partial charge in [-0.1, -0.05) is 41.9 Å². The number of carboxylic acids is 1. The third-order valence-electron chi connectivity index (χ3n) is 4.83. The summed E-state index contributed by atoms with van der Waals surface area (Å²) in [5, 5.41) is 17.5. The summed E-state index contributed by atoms with van der Waals surface area (Å²) in [6, 6.07) is 24.8. The van der Waals surface area contributed by atoms with E-state index in [4.69, 9.17) is 16.3 Å². The summed E-state index contributed by atoms with van der Waals surface area (Å²) in [5.41, 5.74) is 1.66. The number of carboxylic acid groups (broad SMARTS) is 1. The van der Waals surface area contributed by atoms with Crippen LogP contribution in [0.2, 0.25) is 5.02 Å². The molecule has 0 saturated heterocycles. The fourth-order valence-electron chi connectivity index (χ4n) is 3.37. The molecule has 8 heteroatoms. The summed E-state index contributed by atoms with van der Waals surface area (Å²) in [6.07, 6.45) is -0.846. The van der Waals surface area contributed by atoms with Crippen molar-refractivity contribution in [2.24, 2.45) is 0 Å². The van der Waals surface area contributed by atoms with Crippen LogP contribution in [0, 0.1) is 0 Å². The molecule has 4 aromatic rings. The molecule has 1 atom stereocenters. The Morgan fingerprint density at radius 3 is 2.30 bits per heavy atom. The van der Waals surface area contributed by atoms with Crippen LogP contribution in [0.1, 0.15) is 29.1 Å². The third kappa shape index (κ3) is 5.22. The molecule has 0 aliphatic rings. The van der Waals surface area contributed by atoms with Gasteiger partial charge in [-0.25, -0.2) is 9.48 Å². The number of ether oxygens (including phenoxy) is 1. The third-order valence-corrected chi connectivity index (χ3v) is 5.07. The second-order valence-electron chi connectivity index (χ2n) is 7.26. The van der Waals surface area contributed by atoms with Crippen LogP contribution >= 0.6 is 11.6 Å². The zero-order chi connectivity index (χ0) is 23.4. The van der Waals surface area contributed by atoms with Gasteiger partial charge in [-0.05, 0) is 60.2 Å². The first-order valence-electron chi connectivity index (χ1n) is 10.1. The minimum atomic E-state index is -1.17. The number of nitrogens with zero attached hydrogens (tertiary/aromatic N) is 2. The van der Waals surface area contributed by atoms with E-state index in [1.165, 1.54) is 17.7 Å². The van der Waals surface area contributed by atoms with Gasteiger partial charge >= 0.3 is 5.97 Å². The van der Waals surface area contributed by atoms with Crippen LogP contribution in [0.25, 0.3) is 11.3 Å². The first-order valence-corrected chi connectivity index (χ1v) is 10.5. The van der Waals surface area contributed by atoms with Crippen molar-refractivity contribution in [1.82, 2.24) is 15.1 Å². The van der Waals surface area contributed by atoms with Crippen LogP contribution in [0.5, 0.6) is 11.5 Å². The minimum Gasteiger partial charge on any atom is -0.477 e. The molecule has 1 heterocycles. The normalized spacial score (nSPS) is 11.6. The van der Waals surface area contributed by atoms with Crippen molar-refractivity contribution in [3.63, 3.8) is 0 Å². The van der Waals surface area contributed by atoms with Gasteiger partial charge in [-0.2, -0.15) is 5.10 Å². The van der Waals surface area contributed by atoms with Gasteiger partial charge < -0.3 is 15.2 Å². The smallest absolute Gasteiger partial charge is 0.354 e. The van der Waals surface area contributed by atoms with Crippen molar-refractivity contribution in [2.45, 2.75) is 13.1 Å². The SMILES string of the molecule is CC(=O)NC(c1cccc(Cl)c1)n1nc(-c2ccc(Oc3ccccc3)cc2)cc1C(=O)O. The molecular weight excluding hydrogens is 442 g/mol. The molecule has 4 rings (SSSR count). The van der Waals surface area contributed by atoms with Gasteiger partial charge in [0.1, 0.15) is 23.4 Å². The number of carbonyl (C=O) groups is 2. The van der Waals surface area contributed by atoms with Crippen molar-refractivity contribution in [1.29, 1.82) is 0 Å². The number of nitrogens with one attached hydrogen (secondary N) is 1. The zero-order valence-electron chi connectivity index (χ0n) is 17.6. The summed E-state index contributed by atoms with van der Waals surface area (Å²) in [6.45, 7) is 1.36. The number of benzene rings is 3. The summed E-state index contributed by atoms with van der Waals surface area (Å²) >= 11 is 6.12. The summed E-state index contributed by atoms with van der Waals surface area (Å²) in [4.78, 5) is 23.9. The van der Waals surface area contributed by atoms with Crippen molar-refractivity contribution in [2.75, 3.05) is 0 Å². The van der Waals surface area contributed by atoms with Gasteiger partial charge in [-0.3, -0.25) is 4.79 Å². The lowest BCUT2D eigenvalue weighted by atomic mass is 10.1. The maximum Gasteiger partial charge on any atom is 0.354 e. The van der Waals surface area contributed by atoms with Gasteiger partial charge in [0.25, 0.3) is 0 Å². The van der Waals surface area contributed by atoms with E-state index >= 15 is 0 Å². The number of aromatic nitrogens is 2. The van der Waals surface area contributed by atoms with E-state index in [0.717, 1.165) is 0 Å². The molecule has 0 saturated carbocycles. The molecule has 0 radical (unpaired) electrons. The second kappa shape index (κ2) is 9.58. The average molecular weight is 462 g/mol. The Balaban J connectivity index is 1.69. The average Bonchev–Trinajstić information content (AvgIpc) is 3.24. The molecule has 7 nitrogen and oxygen atoms in total. The molecule has 0 aliphatic carbocycles. The Bertz CT molecular complexity index is 1290. The van der Waals surface area contributed by atoms with Crippen LogP contribution in [-0.2, 0) is 4.79 Å². The molecule has 0 spiro atoms. The Morgan fingerprint density at radius 1 is 0.970 bits per heavy atom. The number of amides is 1. The summed E-state index contributed by atoms with van der Waals surface area (Å²) in [5.74, 6) is -0.161. The van der Waals surface area contributed by atoms with Crippen molar-refractivity contribution < 1.29 is 19.4 Å². The quantitative estimate of drug-likeness (QED) is 0.385. The predicted octanol–water partition coefficient (Wildman–Crippen LogP) is 5.38. The van der Waals surface area contributed by atoms with Crippen molar-refractivity contribution in [3.8, 4) is 22.8 Å². The molecule has 1 unspecified atom stereocenters. The largest absolute Gasteiger partial charge is 0.477 e. The number of para-hydroxylation sites is 1. The first kappa shape index (κ1) is 22.1. The van der Waals surface area contributed by atoms with E-state index < -0.39 is 12.1 Å². The lowest BCUT2D eigenvalue weighted by Crippen LogP contribution is -2.33. The lowest BCUT2D eigenvalue weighted by molar-refractivity contribution is -0.120. The van der Waals surface area contributed by atoms with Crippen LogP contribution < -0.4 is 10.1 Å².